The molecule has 32 valence electrons. The average Bonchev–Trinajstić information content (AvgIpc) is 1.61. The molecule has 0 rings (SSSR count). The Morgan fingerprint density at radius 2 is 2.50 bits per heavy atom. The summed E-state index contributed by atoms with van der Waals surface area (Å²) in [5.41, 5.74) is 0. The fourth-order valence-electron chi connectivity index (χ4n) is 0.128. The fourth-order valence-corrected chi connectivity index (χ4v) is 0.384. The van der Waals surface area contributed by atoms with E-state index in [1.54, 1.807) is 0 Å². The summed E-state index contributed by atoms with van der Waals surface area (Å²) >= 11 is 0. The molecule has 0 aliphatic carbocycles. The van der Waals surface area contributed by atoms with Crippen LogP contribution in [0.3, 0.4) is 0 Å². The Hall–Kier alpha value is -0.423. The molecule has 0 aromatic heterocycles. The maximum Gasteiger partial charge on any atom is 0.107 e. The Kier molecular flexibility index (Phi) is 4.25. The molecule has 0 aromatic rings. The van der Waals surface area contributed by atoms with Gasteiger partial charge in [0.15, 0.2) is 0 Å². The molecule has 0 saturated carbocycles. The number of hydrogen-bond acceptors (Lipinski definition) is 1. The summed E-state index contributed by atoms with van der Waals surface area (Å²) in [6.07, 6.45) is 1.83. The van der Waals surface area contributed by atoms with Crippen LogP contribution in [0.15, 0.2) is 0 Å². The lowest BCUT2D eigenvalue weighted by Crippen LogP contribution is -1.72. The molecule has 0 unspecified atom stereocenters. The minimum Gasteiger partial charge on any atom is -0.462 e. The van der Waals surface area contributed by atoms with Crippen LogP contribution in [0.1, 0.15) is 0 Å². The van der Waals surface area contributed by atoms with Gasteiger partial charge in [0, 0.05) is 6.04 Å². The number of rotatable bonds is 1. The van der Waals surface area contributed by atoms with Crippen molar-refractivity contribution in [2.45, 2.75) is 12.6 Å². The lowest BCUT2D eigenvalue weighted by Gasteiger charge is -1.68. The molecule has 2 radical (unpaired) electrons. The minimum absolute atomic E-state index is 0.830. The van der Waals surface area contributed by atoms with Crippen molar-refractivity contribution in [1.82, 2.24) is 0 Å². The van der Waals surface area contributed by atoms with E-state index >= 15 is 0 Å². The molecule has 0 fully saturated rings. The predicted octanol–water partition coefficient (Wildman–Crippen LogP) is 0.490. The van der Waals surface area contributed by atoms with Crippen LogP contribution in [-0.4, -0.2) is 14.6 Å². The first kappa shape index (κ1) is 5.58. The zero-order valence-electron chi connectivity index (χ0n) is 3.65. The third kappa shape index (κ3) is 3.58. The van der Waals surface area contributed by atoms with E-state index in [-0.39, 0.29) is 0 Å². The summed E-state index contributed by atoms with van der Waals surface area (Å²) in [6.45, 7) is 2.05. The molecule has 0 heterocycles. The van der Waals surface area contributed by atoms with Crippen molar-refractivity contribution >= 4 is 9.52 Å². The second-order valence-electron chi connectivity index (χ2n) is 0.819. The van der Waals surface area contributed by atoms with Crippen LogP contribution in [0.5, 0.6) is 0 Å². The molecule has 0 aliphatic heterocycles. The van der Waals surface area contributed by atoms with E-state index in [0.717, 1.165) is 15.6 Å². The molecular formula is C4H6OSi. The average molecular weight is 98.2 g/mol. The van der Waals surface area contributed by atoms with Crippen LogP contribution in [0.25, 0.3) is 0 Å². The zero-order chi connectivity index (χ0) is 4.83. The first-order chi connectivity index (χ1) is 2.91. The van der Waals surface area contributed by atoms with Crippen LogP contribution >= 0.6 is 0 Å². The molecule has 0 amide bonds. The largest absolute Gasteiger partial charge is 0.462 e. The SMILES string of the molecule is C[Si]CC#CO. The van der Waals surface area contributed by atoms with Crippen molar-refractivity contribution in [2.75, 3.05) is 0 Å². The summed E-state index contributed by atoms with van der Waals surface area (Å²) in [7, 11) is 0.831. The second-order valence-corrected chi connectivity index (χ2v) is 1.88. The lowest BCUT2D eigenvalue weighted by molar-refractivity contribution is 0.517. The highest BCUT2D eigenvalue weighted by Crippen LogP contribution is 1.67. The predicted molar refractivity (Wildman–Crippen MR) is 26.1 cm³/mol. The summed E-state index contributed by atoms with van der Waals surface area (Å²) in [4.78, 5) is 0. The van der Waals surface area contributed by atoms with Crippen molar-refractivity contribution in [3.05, 3.63) is 0 Å². The smallest absolute Gasteiger partial charge is 0.107 e. The van der Waals surface area contributed by atoms with Gasteiger partial charge in [-0.1, -0.05) is 12.5 Å². The molecule has 0 aromatic carbocycles. The van der Waals surface area contributed by atoms with Crippen LogP contribution in [0, 0.1) is 12.0 Å². The third-order valence-electron chi connectivity index (χ3n) is 0.344. The van der Waals surface area contributed by atoms with E-state index in [0.29, 0.717) is 0 Å². The fraction of sp³-hybridized carbons (Fsp3) is 0.500. The number of aliphatic hydroxyl groups excluding tert-OH is 1. The van der Waals surface area contributed by atoms with E-state index in [2.05, 4.69) is 5.92 Å². The van der Waals surface area contributed by atoms with Gasteiger partial charge < -0.3 is 5.11 Å². The van der Waals surface area contributed by atoms with Gasteiger partial charge in [0.2, 0.25) is 0 Å². The van der Waals surface area contributed by atoms with Crippen molar-refractivity contribution < 1.29 is 5.11 Å². The Bertz CT molecular complexity index is 69.4. The first-order valence-electron chi connectivity index (χ1n) is 1.68. The van der Waals surface area contributed by atoms with Gasteiger partial charge in [-0.25, -0.2) is 0 Å². The highest BCUT2D eigenvalue weighted by atomic mass is 28.2. The van der Waals surface area contributed by atoms with Crippen molar-refractivity contribution in [1.29, 1.82) is 0 Å². The van der Waals surface area contributed by atoms with E-state index in [1.165, 1.54) is 0 Å². The summed E-state index contributed by atoms with van der Waals surface area (Å²) in [5.74, 6) is 2.52. The topological polar surface area (TPSA) is 20.2 Å². The van der Waals surface area contributed by atoms with E-state index in [9.17, 15) is 0 Å². The molecule has 1 nitrogen and oxygen atoms in total. The van der Waals surface area contributed by atoms with Crippen LogP contribution in [0.2, 0.25) is 12.6 Å². The van der Waals surface area contributed by atoms with Gasteiger partial charge in [-0.05, 0) is 0 Å². The van der Waals surface area contributed by atoms with Crippen LogP contribution < -0.4 is 0 Å². The van der Waals surface area contributed by atoms with Crippen LogP contribution in [0.4, 0.5) is 0 Å². The van der Waals surface area contributed by atoms with Gasteiger partial charge in [0.25, 0.3) is 0 Å². The van der Waals surface area contributed by atoms with Crippen LogP contribution in [-0.2, 0) is 0 Å². The first-order valence-corrected chi connectivity index (χ1v) is 3.39. The van der Waals surface area contributed by atoms with Crippen molar-refractivity contribution in [2.24, 2.45) is 0 Å². The quantitative estimate of drug-likeness (QED) is 0.374. The zero-order valence-corrected chi connectivity index (χ0v) is 4.65. The molecular weight excluding hydrogens is 92.1 g/mol. The molecule has 0 saturated heterocycles. The molecule has 0 bridgehead atoms. The maximum absolute atomic E-state index is 7.84. The van der Waals surface area contributed by atoms with Gasteiger partial charge in [-0.15, -0.1) is 0 Å². The van der Waals surface area contributed by atoms with Gasteiger partial charge in [-0.2, -0.15) is 0 Å². The minimum atomic E-state index is 0.830. The van der Waals surface area contributed by atoms with Crippen molar-refractivity contribution in [3.63, 3.8) is 0 Å². The normalized spacial score (nSPS) is 6.17. The summed E-state index contributed by atoms with van der Waals surface area (Å²) < 4.78 is 0. The molecule has 2 heteroatoms. The summed E-state index contributed by atoms with van der Waals surface area (Å²) in [5, 5.41) is 7.84. The molecule has 6 heavy (non-hydrogen) atoms. The summed E-state index contributed by atoms with van der Waals surface area (Å²) in [6, 6.07) is 0.830. The Labute approximate surface area is 40.2 Å². The lowest BCUT2D eigenvalue weighted by atomic mass is 10.8. The van der Waals surface area contributed by atoms with Gasteiger partial charge >= 0.3 is 0 Å². The molecule has 0 atom stereocenters. The Balaban J connectivity index is 2.79. The highest BCUT2D eigenvalue weighted by molar-refractivity contribution is 6.34. The van der Waals surface area contributed by atoms with Gasteiger partial charge in [0.05, 0.1) is 9.52 Å². The molecule has 0 aliphatic rings. The highest BCUT2D eigenvalue weighted by Gasteiger charge is 1.67. The van der Waals surface area contributed by atoms with E-state index in [1.807, 2.05) is 12.7 Å². The standard InChI is InChI=1S/C4H6OSi/c1-6-4-2-3-5/h5H,4H2,1H3. The third-order valence-corrected chi connectivity index (χ3v) is 0.875. The monoisotopic (exact) mass is 98.0 g/mol. The van der Waals surface area contributed by atoms with Crippen molar-refractivity contribution in [3.8, 4) is 12.0 Å². The Morgan fingerprint density at radius 1 is 1.83 bits per heavy atom. The van der Waals surface area contributed by atoms with E-state index < -0.39 is 0 Å². The molecule has 0 spiro atoms. The maximum atomic E-state index is 7.84. The number of hydrogen-bond donors (Lipinski definition) is 1. The van der Waals surface area contributed by atoms with Gasteiger partial charge in [-0.3, -0.25) is 0 Å². The Morgan fingerprint density at radius 3 is 2.67 bits per heavy atom. The van der Waals surface area contributed by atoms with Gasteiger partial charge in [0.1, 0.15) is 6.11 Å². The number of aliphatic hydroxyl groups is 1. The van der Waals surface area contributed by atoms with E-state index in [4.69, 9.17) is 5.11 Å². The molecule has 1 N–H and O–H groups in total. The second kappa shape index (κ2) is 4.58.